The van der Waals surface area contributed by atoms with Gasteiger partial charge in [0.2, 0.25) is 17.7 Å². The molecular weight excluding hydrogens is 356 g/mol. The molecule has 0 aliphatic rings. The molecule has 7 nitrogen and oxygen atoms in total. The minimum atomic E-state index is -0.233. The maximum Gasteiger partial charge on any atom is 0.239 e. The number of likely N-dealkylation sites (N-methyl/N-ethyl adjacent to an activating group) is 2. The summed E-state index contributed by atoms with van der Waals surface area (Å²) < 4.78 is 0. The largest absolute Gasteiger partial charge is 0.352 e. The van der Waals surface area contributed by atoms with Crippen molar-refractivity contribution in [2.45, 2.75) is 26.8 Å². The van der Waals surface area contributed by atoms with Gasteiger partial charge in [0, 0.05) is 23.3 Å². The van der Waals surface area contributed by atoms with Crippen LogP contribution in [-0.4, -0.2) is 66.8 Å². The van der Waals surface area contributed by atoms with Gasteiger partial charge >= 0.3 is 0 Å². The fourth-order valence-electron chi connectivity index (χ4n) is 2.28. The van der Waals surface area contributed by atoms with Gasteiger partial charge in [-0.2, -0.15) is 0 Å². The fraction of sp³-hybridized carbons (Fsp3) is 0.500. The van der Waals surface area contributed by atoms with Gasteiger partial charge < -0.3 is 15.5 Å². The van der Waals surface area contributed by atoms with Gasteiger partial charge in [-0.1, -0.05) is 11.6 Å². The summed E-state index contributed by atoms with van der Waals surface area (Å²) in [7, 11) is 1.68. The van der Waals surface area contributed by atoms with E-state index in [0.29, 0.717) is 17.3 Å². The van der Waals surface area contributed by atoms with Crippen LogP contribution >= 0.6 is 11.6 Å². The molecule has 3 amide bonds. The van der Waals surface area contributed by atoms with Crippen LogP contribution in [0, 0.1) is 0 Å². The molecule has 0 heterocycles. The summed E-state index contributed by atoms with van der Waals surface area (Å²) in [4.78, 5) is 39.3. The molecule has 0 unspecified atom stereocenters. The topological polar surface area (TPSA) is 81.8 Å². The lowest BCUT2D eigenvalue weighted by Gasteiger charge is -2.24. The summed E-state index contributed by atoms with van der Waals surface area (Å²) in [5, 5.41) is 6.09. The molecule has 0 fully saturated rings. The van der Waals surface area contributed by atoms with Gasteiger partial charge in [-0.05, 0) is 52.1 Å². The fourth-order valence-corrected chi connectivity index (χ4v) is 2.41. The van der Waals surface area contributed by atoms with Gasteiger partial charge in [-0.3, -0.25) is 19.3 Å². The van der Waals surface area contributed by atoms with Crippen LogP contribution in [0.1, 0.15) is 20.8 Å². The van der Waals surface area contributed by atoms with Crippen molar-refractivity contribution in [3.05, 3.63) is 29.3 Å². The molecule has 26 heavy (non-hydrogen) atoms. The molecule has 1 aromatic carbocycles. The number of nitrogens with one attached hydrogen (secondary N) is 2. The summed E-state index contributed by atoms with van der Waals surface area (Å²) >= 11 is 5.81. The predicted octanol–water partition coefficient (Wildman–Crippen LogP) is 1.58. The number of hydrogen-bond acceptors (Lipinski definition) is 4. The van der Waals surface area contributed by atoms with E-state index in [-0.39, 0.29) is 43.4 Å². The lowest BCUT2D eigenvalue weighted by molar-refractivity contribution is -0.137. The number of hydrogen-bond donors (Lipinski definition) is 2. The lowest BCUT2D eigenvalue weighted by atomic mass is 10.3. The van der Waals surface area contributed by atoms with Gasteiger partial charge in [-0.25, -0.2) is 0 Å². The molecule has 0 aliphatic heterocycles. The highest BCUT2D eigenvalue weighted by Crippen LogP contribution is 2.13. The Balaban J connectivity index is 2.47. The molecular formula is C18H27ClN4O3. The smallest absolute Gasteiger partial charge is 0.239 e. The van der Waals surface area contributed by atoms with Gasteiger partial charge in [-0.15, -0.1) is 0 Å². The highest BCUT2D eigenvalue weighted by atomic mass is 35.5. The summed E-state index contributed by atoms with van der Waals surface area (Å²) in [5.74, 6) is -0.630. The summed E-state index contributed by atoms with van der Waals surface area (Å²) in [6.07, 6.45) is 0. The van der Waals surface area contributed by atoms with E-state index in [1.54, 1.807) is 36.2 Å². The monoisotopic (exact) mass is 382 g/mol. The Kier molecular flexibility index (Phi) is 9.09. The van der Waals surface area contributed by atoms with Crippen LogP contribution in [0.25, 0.3) is 0 Å². The first-order valence-electron chi connectivity index (χ1n) is 8.52. The van der Waals surface area contributed by atoms with Crippen molar-refractivity contribution in [3.8, 4) is 0 Å². The van der Waals surface area contributed by atoms with Crippen molar-refractivity contribution < 1.29 is 14.4 Å². The molecule has 1 aromatic rings. The number of carbonyl (C=O) groups is 3. The zero-order chi connectivity index (χ0) is 19.7. The number of nitrogens with zero attached hydrogens (tertiary/aromatic N) is 2. The van der Waals surface area contributed by atoms with E-state index in [4.69, 9.17) is 11.6 Å². The molecule has 144 valence electrons. The number of anilines is 1. The van der Waals surface area contributed by atoms with Crippen molar-refractivity contribution in [2.75, 3.05) is 38.5 Å². The second-order valence-electron chi connectivity index (χ2n) is 6.36. The summed E-state index contributed by atoms with van der Waals surface area (Å²) in [6.45, 7) is 6.09. The molecule has 1 rings (SSSR count). The quantitative estimate of drug-likeness (QED) is 0.679. The molecule has 0 spiro atoms. The standard InChI is InChI=1S/C18H27ClN4O3/c1-5-23(11-17(25)20-13(2)3)18(26)12-22(4)10-16(24)21-15-8-6-14(19)7-9-15/h6-9,13H,5,10-12H2,1-4H3,(H,20,25)(H,21,24). The number of amides is 3. The Labute approximate surface area is 159 Å². The minimum absolute atomic E-state index is 0.0122. The Morgan fingerprint density at radius 3 is 2.19 bits per heavy atom. The number of carbonyl (C=O) groups excluding carboxylic acids is 3. The van der Waals surface area contributed by atoms with Crippen molar-refractivity contribution >= 4 is 35.0 Å². The first kappa shape index (κ1) is 21.9. The highest BCUT2D eigenvalue weighted by molar-refractivity contribution is 6.30. The molecule has 0 bridgehead atoms. The first-order chi connectivity index (χ1) is 12.2. The molecule has 0 aromatic heterocycles. The number of benzene rings is 1. The maximum atomic E-state index is 12.3. The Morgan fingerprint density at radius 2 is 1.65 bits per heavy atom. The Hall–Kier alpha value is -2.12. The molecule has 2 N–H and O–H groups in total. The van der Waals surface area contributed by atoms with E-state index < -0.39 is 0 Å². The van der Waals surface area contributed by atoms with E-state index in [9.17, 15) is 14.4 Å². The molecule has 0 saturated carbocycles. The average molecular weight is 383 g/mol. The van der Waals surface area contributed by atoms with E-state index in [1.807, 2.05) is 20.8 Å². The Morgan fingerprint density at radius 1 is 1.04 bits per heavy atom. The number of halogens is 1. The maximum absolute atomic E-state index is 12.3. The van der Waals surface area contributed by atoms with Crippen LogP contribution in [0.2, 0.25) is 5.02 Å². The van der Waals surface area contributed by atoms with Crippen molar-refractivity contribution in [1.82, 2.24) is 15.1 Å². The average Bonchev–Trinajstić information content (AvgIpc) is 2.53. The normalized spacial score (nSPS) is 10.7. The van der Waals surface area contributed by atoms with Gasteiger partial charge in [0.1, 0.15) is 0 Å². The second kappa shape index (κ2) is 10.8. The van der Waals surface area contributed by atoms with Crippen molar-refractivity contribution in [3.63, 3.8) is 0 Å². The van der Waals surface area contributed by atoms with E-state index in [1.165, 1.54) is 4.90 Å². The second-order valence-corrected chi connectivity index (χ2v) is 6.79. The summed E-state index contributed by atoms with van der Waals surface area (Å²) in [5.41, 5.74) is 0.639. The van der Waals surface area contributed by atoms with Crippen LogP contribution in [0.15, 0.2) is 24.3 Å². The zero-order valence-corrected chi connectivity index (χ0v) is 16.5. The minimum Gasteiger partial charge on any atom is -0.352 e. The molecule has 0 saturated heterocycles. The van der Waals surface area contributed by atoms with Crippen molar-refractivity contribution in [1.29, 1.82) is 0 Å². The molecule has 8 heteroatoms. The van der Waals surface area contributed by atoms with E-state index in [0.717, 1.165) is 0 Å². The van der Waals surface area contributed by atoms with Crippen molar-refractivity contribution in [2.24, 2.45) is 0 Å². The molecule has 0 atom stereocenters. The predicted molar refractivity (Wildman–Crippen MR) is 103 cm³/mol. The Bertz CT molecular complexity index is 619. The third kappa shape index (κ3) is 8.31. The number of rotatable bonds is 9. The lowest BCUT2D eigenvalue weighted by Crippen LogP contribution is -2.46. The van der Waals surface area contributed by atoms with E-state index in [2.05, 4.69) is 10.6 Å². The van der Waals surface area contributed by atoms with Crippen LogP contribution in [0.3, 0.4) is 0 Å². The molecule has 0 radical (unpaired) electrons. The third-order valence-corrected chi connectivity index (χ3v) is 3.72. The van der Waals surface area contributed by atoms with Crippen LogP contribution < -0.4 is 10.6 Å². The third-order valence-electron chi connectivity index (χ3n) is 3.47. The zero-order valence-electron chi connectivity index (χ0n) is 15.7. The SMILES string of the molecule is CCN(CC(=O)NC(C)C)C(=O)CN(C)CC(=O)Nc1ccc(Cl)cc1. The van der Waals surface area contributed by atoms with E-state index >= 15 is 0 Å². The van der Waals surface area contributed by atoms with Crippen LogP contribution in [-0.2, 0) is 14.4 Å². The molecule has 0 aliphatic carbocycles. The first-order valence-corrected chi connectivity index (χ1v) is 8.90. The highest BCUT2D eigenvalue weighted by Gasteiger charge is 2.18. The summed E-state index contributed by atoms with van der Waals surface area (Å²) in [6, 6.07) is 6.81. The van der Waals surface area contributed by atoms with Crippen LogP contribution in [0.5, 0.6) is 0 Å². The van der Waals surface area contributed by atoms with Gasteiger partial charge in [0.05, 0.1) is 19.6 Å². The van der Waals surface area contributed by atoms with Crippen LogP contribution in [0.4, 0.5) is 5.69 Å². The van der Waals surface area contributed by atoms with Gasteiger partial charge in [0.15, 0.2) is 0 Å². The van der Waals surface area contributed by atoms with Gasteiger partial charge in [0.25, 0.3) is 0 Å².